The Hall–Kier alpha value is -5.51. The van der Waals surface area contributed by atoms with Crippen LogP contribution in [0, 0.1) is 0 Å². The van der Waals surface area contributed by atoms with Gasteiger partial charge in [-0.1, -0.05) is 133 Å². The first kappa shape index (κ1) is 26.1. The molecule has 0 aliphatic carbocycles. The zero-order valence-electron chi connectivity index (χ0n) is 24.2. The Balaban J connectivity index is 1.35. The van der Waals surface area contributed by atoms with Crippen LogP contribution < -0.4 is 20.7 Å². The number of aromatic nitrogens is 2. The predicted molar refractivity (Wildman–Crippen MR) is 188 cm³/mol. The molecule has 2 heterocycles. The van der Waals surface area contributed by atoms with E-state index in [0.29, 0.717) is 0 Å². The molecule has 2 nitrogen and oxygen atoms in total. The van der Waals surface area contributed by atoms with Gasteiger partial charge in [-0.25, -0.2) is 0 Å². The maximum Gasteiger partial charge on any atom is 0.179 e. The molecule has 0 fully saturated rings. The fourth-order valence-corrected chi connectivity index (χ4v) is 11.6. The highest BCUT2D eigenvalue weighted by Gasteiger charge is 2.41. The lowest BCUT2D eigenvalue weighted by atomic mass is 10.1. The molecule has 0 N–H and O–H groups in total. The second-order valence-corrected chi connectivity index (χ2v) is 15.0. The number of para-hydroxylation sites is 2. The van der Waals surface area contributed by atoms with Crippen molar-refractivity contribution in [3.05, 3.63) is 182 Å². The van der Waals surface area contributed by atoms with Crippen molar-refractivity contribution in [2.24, 2.45) is 0 Å². The zero-order chi connectivity index (χ0) is 29.3. The molecule has 3 heteroatoms. The highest BCUT2D eigenvalue weighted by Crippen LogP contribution is 2.31. The Kier molecular flexibility index (Phi) is 6.51. The van der Waals surface area contributed by atoms with E-state index in [1.54, 1.807) is 0 Å². The maximum atomic E-state index is 4.21. The van der Waals surface area contributed by atoms with E-state index in [0.717, 1.165) is 0 Å². The minimum Gasteiger partial charge on any atom is -0.309 e. The molecule has 8 rings (SSSR count). The molecule has 0 amide bonds. The van der Waals surface area contributed by atoms with Crippen LogP contribution in [-0.2, 0) is 0 Å². The van der Waals surface area contributed by atoms with Gasteiger partial charge < -0.3 is 4.57 Å². The normalized spacial score (nSPS) is 11.6. The van der Waals surface area contributed by atoms with Crippen LogP contribution in [0.4, 0.5) is 0 Å². The Morgan fingerprint density at radius 2 is 0.773 bits per heavy atom. The minimum absolute atomic E-state index is 1.17. The molecule has 0 saturated heterocycles. The third-order valence-electron chi connectivity index (χ3n) is 8.88. The monoisotopic (exact) mass is 578 g/mol. The summed E-state index contributed by atoms with van der Waals surface area (Å²) < 4.78 is 2.40. The second kappa shape index (κ2) is 11.0. The average Bonchev–Trinajstić information content (AvgIpc) is 3.45. The van der Waals surface area contributed by atoms with E-state index < -0.39 is 8.07 Å². The van der Waals surface area contributed by atoms with Crippen molar-refractivity contribution in [3.63, 3.8) is 0 Å². The smallest absolute Gasteiger partial charge is 0.179 e. The summed E-state index contributed by atoms with van der Waals surface area (Å²) in [6, 6.07) is 62.4. The fourth-order valence-electron chi connectivity index (χ4n) is 6.89. The maximum absolute atomic E-state index is 4.21. The van der Waals surface area contributed by atoms with Crippen LogP contribution in [0.3, 0.4) is 0 Å². The van der Waals surface area contributed by atoms with Gasteiger partial charge in [0.05, 0.1) is 11.0 Å². The van der Waals surface area contributed by atoms with Gasteiger partial charge in [0.1, 0.15) is 0 Å². The lowest BCUT2D eigenvalue weighted by Gasteiger charge is -2.34. The molecule has 0 atom stereocenters. The first-order valence-electron chi connectivity index (χ1n) is 15.1. The Morgan fingerprint density at radius 1 is 0.364 bits per heavy atom. The van der Waals surface area contributed by atoms with Crippen molar-refractivity contribution in [3.8, 4) is 16.8 Å². The SMILES string of the molecule is c1ccc([Si](c2ccccc2)(c2ccc(-c3ccncc3)cc2)c2ccc(-n3c4ccccc4c4ccccc43)cc2)cc1. The summed E-state index contributed by atoms with van der Waals surface area (Å²) in [5.41, 5.74) is 5.99. The number of benzene rings is 6. The van der Waals surface area contributed by atoms with Gasteiger partial charge in [0.2, 0.25) is 0 Å². The summed E-state index contributed by atoms with van der Waals surface area (Å²) in [4.78, 5) is 4.21. The molecule has 0 bridgehead atoms. The molecule has 6 aromatic carbocycles. The summed E-state index contributed by atoms with van der Waals surface area (Å²) in [7, 11) is -2.66. The van der Waals surface area contributed by atoms with Crippen molar-refractivity contribution in [1.29, 1.82) is 0 Å². The lowest BCUT2D eigenvalue weighted by Crippen LogP contribution is -2.74. The summed E-state index contributed by atoms with van der Waals surface area (Å²) >= 11 is 0. The van der Waals surface area contributed by atoms with Crippen LogP contribution in [0.15, 0.2) is 182 Å². The van der Waals surface area contributed by atoms with Crippen molar-refractivity contribution >= 4 is 50.6 Å². The molecular formula is C41H30N2Si. The van der Waals surface area contributed by atoms with Gasteiger partial charge in [0.15, 0.2) is 8.07 Å². The molecule has 44 heavy (non-hydrogen) atoms. The third kappa shape index (κ3) is 4.21. The number of rotatable bonds is 6. The number of hydrogen-bond acceptors (Lipinski definition) is 1. The van der Waals surface area contributed by atoms with Gasteiger partial charge in [-0.2, -0.15) is 0 Å². The van der Waals surface area contributed by atoms with Crippen molar-refractivity contribution in [2.45, 2.75) is 0 Å². The molecule has 0 unspecified atom stereocenters. The van der Waals surface area contributed by atoms with Gasteiger partial charge in [-0.15, -0.1) is 0 Å². The van der Waals surface area contributed by atoms with Crippen LogP contribution >= 0.6 is 0 Å². The van der Waals surface area contributed by atoms with E-state index in [9.17, 15) is 0 Å². The molecule has 0 aliphatic rings. The van der Waals surface area contributed by atoms with E-state index in [-0.39, 0.29) is 0 Å². The third-order valence-corrected chi connectivity index (χ3v) is 13.7. The molecule has 2 aromatic heterocycles. The molecular weight excluding hydrogens is 549 g/mol. The van der Waals surface area contributed by atoms with E-state index in [1.807, 2.05) is 12.4 Å². The standard InChI is InChI=1S/C41H30N2Si/c1-3-11-34(12-4-1)44(35-13-5-2-6-14-35,36-23-19-31(20-24-36)32-27-29-42-30-28-32)37-25-21-33(22-26-37)43-40-17-9-7-15-38(40)39-16-8-10-18-41(39)43/h1-30H. The Bertz CT molecular complexity index is 2090. The Morgan fingerprint density at radius 3 is 1.30 bits per heavy atom. The molecule has 8 aromatic rings. The van der Waals surface area contributed by atoms with Gasteiger partial charge in [0, 0.05) is 28.9 Å². The number of pyridine rings is 1. The summed E-state index contributed by atoms with van der Waals surface area (Å²) in [5, 5.41) is 8.01. The predicted octanol–water partition coefficient (Wildman–Crippen LogP) is 7.22. The fraction of sp³-hybridized carbons (Fsp3) is 0. The molecule has 0 spiro atoms. The van der Waals surface area contributed by atoms with Crippen LogP contribution in [0.1, 0.15) is 0 Å². The molecule has 0 saturated carbocycles. The number of fused-ring (bicyclic) bond motifs is 3. The van der Waals surface area contributed by atoms with E-state index in [1.165, 1.54) is 59.4 Å². The van der Waals surface area contributed by atoms with Crippen LogP contribution in [-0.4, -0.2) is 17.6 Å². The molecule has 0 aliphatic heterocycles. The Labute approximate surface area is 258 Å². The van der Waals surface area contributed by atoms with Crippen molar-refractivity contribution in [2.75, 3.05) is 0 Å². The van der Waals surface area contributed by atoms with Crippen LogP contribution in [0.5, 0.6) is 0 Å². The average molecular weight is 579 g/mol. The van der Waals surface area contributed by atoms with Gasteiger partial charge in [-0.3, -0.25) is 4.98 Å². The minimum atomic E-state index is -2.66. The van der Waals surface area contributed by atoms with E-state index in [4.69, 9.17) is 0 Å². The number of hydrogen-bond donors (Lipinski definition) is 0. The molecule has 208 valence electrons. The topological polar surface area (TPSA) is 17.8 Å². The second-order valence-electron chi connectivity index (χ2n) is 11.2. The summed E-state index contributed by atoms with van der Waals surface area (Å²) in [5.74, 6) is 0. The lowest BCUT2D eigenvalue weighted by molar-refractivity contribution is 1.18. The van der Waals surface area contributed by atoms with Crippen molar-refractivity contribution in [1.82, 2.24) is 9.55 Å². The molecule has 0 radical (unpaired) electrons. The van der Waals surface area contributed by atoms with E-state index in [2.05, 4.69) is 179 Å². The van der Waals surface area contributed by atoms with Gasteiger partial charge >= 0.3 is 0 Å². The first-order valence-corrected chi connectivity index (χ1v) is 17.1. The van der Waals surface area contributed by atoms with Gasteiger partial charge in [0.25, 0.3) is 0 Å². The number of nitrogens with zero attached hydrogens (tertiary/aromatic N) is 2. The summed E-state index contributed by atoms with van der Waals surface area (Å²) in [6.07, 6.45) is 3.71. The first-order chi connectivity index (χ1) is 21.8. The highest BCUT2D eigenvalue weighted by atomic mass is 28.3. The highest BCUT2D eigenvalue weighted by molar-refractivity contribution is 7.19. The van der Waals surface area contributed by atoms with Crippen LogP contribution in [0.2, 0.25) is 0 Å². The zero-order valence-corrected chi connectivity index (χ0v) is 25.2. The van der Waals surface area contributed by atoms with Gasteiger partial charge in [-0.05, 0) is 68.3 Å². The largest absolute Gasteiger partial charge is 0.309 e. The van der Waals surface area contributed by atoms with Crippen molar-refractivity contribution < 1.29 is 0 Å². The van der Waals surface area contributed by atoms with Crippen LogP contribution in [0.25, 0.3) is 38.6 Å². The summed E-state index contributed by atoms with van der Waals surface area (Å²) in [6.45, 7) is 0. The quantitative estimate of drug-likeness (QED) is 0.150. The van der Waals surface area contributed by atoms with E-state index >= 15 is 0 Å².